The van der Waals surface area contributed by atoms with Gasteiger partial charge in [-0.2, -0.15) is 4.98 Å². The average Bonchev–Trinajstić information content (AvgIpc) is 2.52. The molecule has 132 valence electrons. The van der Waals surface area contributed by atoms with Gasteiger partial charge >= 0.3 is 6.09 Å². The zero-order valence-electron chi connectivity index (χ0n) is 14.5. The number of ether oxygens (including phenoxy) is 2. The number of carbonyl (C=O) groups excluding carboxylic acids is 2. The summed E-state index contributed by atoms with van der Waals surface area (Å²) in [5, 5.41) is 0. The summed E-state index contributed by atoms with van der Waals surface area (Å²) in [5.41, 5.74) is 5.03. The Labute approximate surface area is 141 Å². The van der Waals surface area contributed by atoms with Crippen LogP contribution >= 0.6 is 0 Å². The van der Waals surface area contributed by atoms with Crippen LogP contribution in [0.25, 0.3) is 0 Å². The average molecular weight is 336 g/mol. The van der Waals surface area contributed by atoms with Gasteiger partial charge in [0, 0.05) is 26.2 Å². The van der Waals surface area contributed by atoms with Gasteiger partial charge in [-0.3, -0.25) is 4.79 Å². The Morgan fingerprint density at radius 2 is 1.79 bits per heavy atom. The van der Waals surface area contributed by atoms with Crippen molar-refractivity contribution in [2.24, 2.45) is 5.73 Å². The SMILES string of the molecule is COc1nc(N2CCN(C(=O)OC(C)(C)C)CC2)ccc1C(N)=O. The standard InChI is InChI=1S/C16H24N4O4/c1-16(2,3)24-15(22)20-9-7-19(8-10-20)12-6-5-11(13(17)21)14(18-12)23-4/h5-6H,7-10H2,1-4H3,(H2,17,21). The third-order valence-electron chi connectivity index (χ3n) is 3.56. The number of amides is 2. The molecule has 1 aliphatic heterocycles. The van der Waals surface area contributed by atoms with Gasteiger partial charge < -0.3 is 25.0 Å². The molecule has 24 heavy (non-hydrogen) atoms. The van der Waals surface area contributed by atoms with Crippen molar-refractivity contribution in [1.82, 2.24) is 9.88 Å². The van der Waals surface area contributed by atoms with Crippen molar-refractivity contribution >= 4 is 17.8 Å². The van der Waals surface area contributed by atoms with Crippen molar-refractivity contribution in [3.63, 3.8) is 0 Å². The maximum absolute atomic E-state index is 12.1. The quantitative estimate of drug-likeness (QED) is 0.892. The Kier molecular flexibility index (Phi) is 5.16. The number of nitrogens with zero attached hydrogens (tertiary/aromatic N) is 3. The fourth-order valence-corrected chi connectivity index (χ4v) is 2.39. The molecule has 2 rings (SSSR count). The van der Waals surface area contributed by atoms with Crippen molar-refractivity contribution in [2.45, 2.75) is 26.4 Å². The van der Waals surface area contributed by atoms with E-state index in [0.29, 0.717) is 32.0 Å². The maximum atomic E-state index is 12.1. The van der Waals surface area contributed by atoms with Gasteiger partial charge in [-0.1, -0.05) is 0 Å². The molecule has 2 heterocycles. The van der Waals surface area contributed by atoms with Crippen LogP contribution < -0.4 is 15.4 Å². The molecule has 0 aromatic carbocycles. The second-order valence-electron chi connectivity index (χ2n) is 6.54. The van der Waals surface area contributed by atoms with Crippen LogP contribution in [0.2, 0.25) is 0 Å². The summed E-state index contributed by atoms with van der Waals surface area (Å²) in [6.07, 6.45) is -0.309. The first-order valence-corrected chi connectivity index (χ1v) is 7.79. The summed E-state index contributed by atoms with van der Waals surface area (Å²) in [6, 6.07) is 3.33. The highest BCUT2D eigenvalue weighted by molar-refractivity contribution is 5.95. The van der Waals surface area contributed by atoms with Crippen LogP contribution in [0.3, 0.4) is 0 Å². The Bertz CT molecular complexity index is 619. The molecule has 1 aliphatic rings. The molecule has 1 fully saturated rings. The van der Waals surface area contributed by atoms with E-state index in [1.807, 2.05) is 25.7 Å². The second-order valence-corrected chi connectivity index (χ2v) is 6.54. The lowest BCUT2D eigenvalue weighted by Crippen LogP contribution is -2.50. The molecule has 0 saturated carbocycles. The van der Waals surface area contributed by atoms with E-state index in [1.54, 1.807) is 17.0 Å². The van der Waals surface area contributed by atoms with Crippen LogP contribution in [0.5, 0.6) is 5.88 Å². The van der Waals surface area contributed by atoms with E-state index >= 15 is 0 Å². The number of piperazine rings is 1. The lowest BCUT2D eigenvalue weighted by molar-refractivity contribution is 0.0240. The van der Waals surface area contributed by atoms with Crippen LogP contribution in [0.1, 0.15) is 31.1 Å². The Morgan fingerprint density at radius 3 is 2.29 bits per heavy atom. The number of hydrogen-bond acceptors (Lipinski definition) is 6. The van der Waals surface area contributed by atoms with E-state index in [2.05, 4.69) is 4.98 Å². The predicted octanol–water partition coefficient (Wildman–Crippen LogP) is 1.25. The van der Waals surface area contributed by atoms with Crippen LogP contribution in [0.4, 0.5) is 10.6 Å². The molecule has 0 unspecified atom stereocenters. The molecule has 0 radical (unpaired) electrons. The molecule has 1 aromatic rings. The molecule has 0 spiro atoms. The summed E-state index contributed by atoms with van der Waals surface area (Å²) in [4.78, 5) is 31.4. The lowest BCUT2D eigenvalue weighted by atomic mass is 10.2. The summed E-state index contributed by atoms with van der Waals surface area (Å²) in [6.45, 7) is 7.84. The molecular formula is C16H24N4O4. The highest BCUT2D eigenvalue weighted by Gasteiger charge is 2.26. The van der Waals surface area contributed by atoms with Gasteiger partial charge in [0.05, 0.1) is 7.11 Å². The molecule has 0 atom stereocenters. The first-order chi connectivity index (χ1) is 11.2. The number of nitrogens with two attached hydrogens (primary N) is 1. The van der Waals surface area contributed by atoms with E-state index in [1.165, 1.54) is 7.11 Å². The summed E-state index contributed by atoms with van der Waals surface area (Å²) >= 11 is 0. The van der Waals surface area contributed by atoms with E-state index in [9.17, 15) is 9.59 Å². The third kappa shape index (κ3) is 4.27. The molecule has 2 amide bonds. The Hall–Kier alpha value is -2.51. The van der Waals surface area contributed by atoms with E-state index in [4.69, 9.17) is 15.2 Å². The minimum absolute atomic E-state index is 0.203. The number of primary amides is 1. The Morgan fingerprint density at radius 1 is 1.17 bits per heavy atom. The zero-order valence-corrected chi connectivity index (χ0v) is 14.5. The number of pyridine rings is 1. The monoisotopic (exact) mass is 336 g/mol. The molecule has 8 nitrogen and oxygen atoms in total. The van der Waals surface area contributed by atoms with E-state index in [-0.39, 0.29) is 17.5 Å². The van der Waals surface area contributed by atoms with Crippen molar-refractivity contribution in [1.29, 1.82) is 0 Å². The van der Waals surface area contributed by atoms with Crippen molar-refractivity contribution in [2.75, 3.05) is 38.2 Å². The fourth-order valence-electron chi connectivity index (χ4n) is 2.39. The first kappa shape index (κ1) is 17.8. The van der Waals surface area contributed by atoms with Crippen molar-refractivity contribution in [3.05, 3.63) is 17.7 Å². The van der Waals surface area contributed by atoms with Crippen molar-refractivity contribution < 1.29 is 19.1 Å². The first-order valence-electron chi connectivity index (χ1n) is 7.79. The minimum atomic E-state index is -0.583. The summed E-state index contributed by atoms with van der Waals surface area (Å²) in [5.74, 6) is 0.302. The largest absolute Gasteiger partial charge is 0.480 e. The van der Waals surface area contributed by atoms with Gasteiger partial charge in [0.2, 0.25) is 5.88 Å². The van der Waals surface area contributed by atoms with Crippen LogP contribution in [-0.4, -0.2) is 60.8 Å². The number of methoxy groups -OCH3 is 1. The minimum Gasteiger partial charge on any atom is -0.480 e. The number of anilines is 1. The topological polar surface area (TPSA) is 98.0 Å². The number of rotatable bonds is 3. The van der Waals surface area contributed by atoms with Gasteiger partial charge in [0.15, 0.2) is 0 Å². The molecule has 0 aliphatic carbocycles. The van der Waals surface area contributed by atoms with Crippen LogP contribution in [-0.2, 0) is 4.74 Å². The number of aromatic nitrogens is 1. The predicted molar refractivity (Wildman–Crippen MR) is 89.3 cm³/mol. The van der Waals surface area contributed by atoms with Gasteiger partial charge in [0.1, 0.15) is 17.0 Å². The molecule has 1 aromatic heterocycles. The maximum Gasteiger partial charge on any atom is 0.410 e. The Balaban J connectivity index is 2.02. The van der Waals surface area contributed by atoms with Gasteiger partial charge in [-0.25, -0.2) is 4.79 Å². The molecule has 1 saturated heterocycles. The van der Waals surface area contributed by atoms with Gasteiger partial charge in [-0.05, 0) is 32.9 Å². The highest BCUT2D eigenvalue weighted by Crippen LogP contribution is 2.22. The van der Waals surface area contributed by atoms with Gasteiger partial charge in [0.25, 0.3) is 5.91 Å². The second kappa shape index (κ2) is 6.94. The third-order valence-corrected chi connectivity index (χ3v) is 3.56. The van der Waals surface area contributed by atoms with E-state index < -0.39 is 11.5 Å². The van der Waals surface area contributed by atoms with E-state index in [0.717, 1.165) is 0 Å². The van der Waals surface area contributed by atoms with Crippen LogP contribution in [0, 0.1) is 0 Å². The van der Waals surface area contributed by atoms with Gasteiger partial charge in [-0.15, -0.1) is 0 Å². The smallest absolute Gasteiger partial charge is 0.410 e. The fraction of sp³-hybridized carbons (Fsp3) is 0.562. The summed E-state index contributed by atoms with van der Waals surface area (Å²) < 4.78 is 10.5. The molecule has 2 N–H and O–H groups in total. The number of carbonyl (C=O) groups is 2. The van der Waals surface area contributed by atoms with Crippen molar-refractivity contribution in [3.8, 4) is 5.88 Å². The normalized spacial score (nSPS) is 15.2. The number of hydrogen-bond donors (Lipinski definition) is 1. The lowest BCUT2D eigenvalue weighted by Gasteiger charge is -2.36. The zero-order chi connectivity index (χ0) is 17.9. The molecule has 0 bridgehead atoms. The van der Waals surface area contributed by atoms with Crippen LogP contribution in [0.15, 0.2) is 12.1 Å². The molecular weight excluding hydrogens is 312 g/mol. The highest BCUT2D eigenvalue weighted by atomic mass is 16.6. The molecule has 8 heteroatoms. The summed E-state index contributed by atoms with van der Waals surface area (Å²) in [7, 11) is 1.44.